The van der Waals surface area contributed by atoms with Crippen molar-refractivity contribution in [2.24, 2.45) is 5.92 Å². The summed E-state index contributed by atoms with van der Waals surface area (Å²) in [6.45, 7) is 6.61. The molecular weight excluding hydrogens is 383 g/mol. The topological polar surface area (TPSA) is 61.6 Å². The molecule has 1 amide bonds. The Hall–Kier alpha value is -2.25. The molecule has 0 spiro atoms. The Morgan fingerprint density at radius 3 is 2.47 bits per heavy atom. The Morgan fingerprint density at radius 2 is 1.83 bits per heavy atom. The maximum Gasteiger partial charge on any atom is 0.234 e. The minimum atomic E-state index is -0.242. The summed E-state index contributed by atoms with van der Waals surface area (Å²) in [6.07, 6.45) is 4.63. The first-order valence-electron chi connectivity index (χ1n) is 11.0. The Bertz CT molecular complexity index is 824. The van der Waals surface area contributed by atoms with Crippen molar-refractivity contribution in [3.05, 3.63) is 53.2 Å². The molecule has 7 heteroatoms. The van der Waals surface area contributed by atoms with Crippen molar-refractivity contribution in [3.8, 4) is 0 Å². The van der Waals surface area contributed by atoms with E-state index in [4.69, 9.17) is 4.52 Å². The van der Waals surface area contributed by atoms with Crippen molar-refractivity contribution in [3.63, 3.8) is 0 Å². The third-order valence-electron chi connectivity index (χ3n) is 6.31. The minimum Gasteiger partial charge on any atom is -0.361 e. The standard InChI is InChI=1S/C23H31FN4O2/c1-17-14-21(26-30-17)15-27-10-12-28(13-11-27)16-22(29)25-23(18-4-2-3-5-18)19-6-8-20(24)9-7-19/h6-9,14,18,23H,2-5,10-13,15-16H2,1H3,(H,25,29). The van der Waals surface area contributed by atoms with E-state index in [9.17, 15) is 9.18 Å². The van der Waals surface area contributed by atoms with Crippen molar-refractivity contribution >= 4 is 5.91 Å². The molecular formula is C23H31FN4O2. The fraction of sp³-hybridized carbons (Fsp3) is 0.565. The van der Waals surface area contributed by atoms with Gasteiger partial charge in [0.2, 0.25) is 5.91 Å². The van der Waals surface area contributed by atoms with Gasteiger partial charge in [0.15, 0.2) is 0 Å². The lowest BCUT2D eigenvalue weighted by Crippen LogP contribution is -2.49. The first-order chi connectivity index (χ1) is 14.6. The highest BCUT2D eigenvalue weighted by Gasteiger charge is 2.28. The monoisotopic (exact) mass is 414 g/mol. The number of rotatable bonds is 7. The molecule has 1 aromatic heterocycles. The molecule has 1 saturated heterocycles. The molecule has 2 aromatic rings. The van der Waals surface area contributed by atoms with Crippen LogP contribution in [-0.2, 0) is 11.3 Å². The van der Waals surface area contributed by atoms with Crippen LogP contribution in [0.3, 0.4) is 0 Å². The van der Waals surface area contributed by atoms with Crippen molar-refractivity contribution < 1.29 is 13.7 Å². The predicted octanol–water partition coefficient (Wildman–Crippen LogP) is 3.29. The van der Waals surface area contributed by atoms with Crippen LogP contribution in [0.15, 0.2) is 34.9 Å². The normalized spacial score (nSPS) is 19.8. The summed E-state index contributed by atoms with van der Waals surface area (Å²) in [4.78, 5) is 17.4. The molecule has 0 bridgehead atoms. The van der Waals surface area contributed by atoms with Crippen LogP contribution in [0.5, 0.6) is 0 Å². The molecule has 4 rings (SSSR count). The van der Waals surface area contributed by atoms with Crippen molar-refractivity contribution in [1.82, 2.24) is 20.3 Å². The summed E-state index contributed by atoms with van der Waals surface area (Å²) < 4.78 is 18.5. The third-order valence-corrected chi connectivity index (χ3v) is 6.31. The molecule has 2 fully saturated rings. The smallest absolute Gasteiger partial charge is 0.234 e. The quantitative estimate of drug-likeness (QED) is 0.753. The van der Waals surface area contributed by atoms with Gasteiger partial charge < -0.3 is 9.84 Å². The van der Waals surface area contributed by atoms with E-state index < -0.39 is 0 Å². The summed E-state index contributed by atoms with van der Waals surface area (Å²) >= 11 is 0. The van der Waals surface area contributed by atoms with Crippen LogP contribution in [0.1, 0.15) is 48.7 Å². The zero-order valence-electron chi connectivity index (χ0n) is 17.6. The number of amides is 1. The van der Waals surface area contributed by atoms with Gasteiger partial charge in [-0.25, -0.2) is 4.39 Å². The molecule has 1 saturated carbocycles. The number of carbonyl (C=O) groups is 1. The van der Waals surface area contributed by atoms with E-state index in [1.165, 1.54) is 25.0 Å². The minimum absolute atomic E-state index is 0.0303. The number of piperazine rings is 1. The van der Waals surface area contributed by atoms with Crippen molar-refractivity contribution in [2.75, 3.05) is 32.7 Å². The predicted molar refractivity (Wildman–Crippen MR) is 112 cm³/mol. The molecule has 1 aliphatic carbocycles. The van der Waals surface area contributed by atoms with E-state index in [0.717, 1.165) is 62.6 Å². The molecule has 1 aliphatic heterocycles. The fourth-order valence-corrected chi connectivity index (χ4v) is 4.68. The number of aryl methyl sites for hydroxylation is 1. The fourth-order valence-electron chi connectivity index (χ4n) is 4.68. The van der Waals surface area contributed by atoms with Gasteiger partial charge in [0.25, 0.3) is 0 Å². The number of carbonyl (C=O) groups excluding carboxylic acids is 1. The SMILES string of the molecule is Cc1cc(CN2CCN(CC(=O)NC(c3ccc(F)cc3)C3CCCC3)CC2)no1. The number of aromatic nitrogens is 1. The van der Waals surface area contributed by atoms with Crippen LogP contribution in [0.25, 0.3) is 0 Å². The van der Waals surface area contributed by atoms with Gasteiger partial charge in [-0.05, 0) is 43.4 Å². The zero-order valence-corrected chi connectivity index (χ0v) is 17.6. The van der Waals surface area contributed by atoms with E-state index >= 15 is 0 Å². The highest BCUT2D eigenvalue weighted by molar-refractivity contribution is 5.78. The number of benzene rings is 1. The van der Waals surface area contributed by atoms with E-state index in [2.05, 4.69) is 20.3 Å². The van der Waals surface area contributed by atoms with Gasteiger partial charge in [-0.1, -0.05) is 30.1 Å². The number of nitrogens with zero attached hydrogens (tertiary/aromatic N) is 3. The summed E-state index contributed by atoms with van der Waals surface area (Å²) in [6, 6.07) is 8.53. The average molecular weight is 415 g/mol. The highest BCUT2D eigenvalue weighted by Crippen LogP contribution is 2.35. The second kappa shape index (κ2) is 9.71. The third kappa shape index (κ3) is 5.46. The highest BCUT2D eigenvalue weighted by atomic mass is 19.1. The van der Waals surface area contributed by atoms with E-state index in [0.29, 0.717) is 12.5 Å². The summed E-state index contributed by atoms with van der Waals surface area (Å²) in [5.41, 5.74) is 1.96. The summed E-state index contributed by atoms with van der Waals surface area (Å²) in [7, 11) is 0. The van der Waals surface area contributed by atoms with Gasteiger partial charge in [0.05, 0.1) is 18.3 Å². The maximum atomic E-state index is 13.4. The number of halogens is 1. The molecule has 30 heavy (non-hydrogen) atoms. The molecule has 0 radical (unpaired) electrons. The largest absolute Gasteiger partial charge is 0.361 e. The summed E-state index contributed by atoms with van der Waals surface area (Å²) in [5.74, 6) is 1.08. The second-order valence-electron chi connectivity index (χ2n) is 8.62. The lowest BCUT2D eigenvalue weighted by molar-refractivity contribution is -0.123. The molecule has 2 aliphatic rings. The van der Waals surface area contributed by atoms with Gasteiger partial charge in [0, 0.05) is 38.8 Å². The van der Waals surface area contributed by atoms with E-state index in [1.54, 1.807) is 0 Å². The molecule has 1 N–H and O–H groups in total. The molecule has 2 heterocycles. The van der Waals surface area contributed by atoms with Gasteiger partial charge in [-0.15, -0.1) is 0 Å². The molecule has 1 unspecified atom stereocenters. The molecule has 6 nitrogen and oxygen atoms in total. The molecule has 162 valence electrons. The first-order valence-corrected chi connectivity index (χ1v) is 11.0. The number of hydrogen-bond acceptors (Lipinski definition) is 5. The van der Waals surface area contributed by atoms with Gasteiger partial charge in [-0.2, -0.15) is 0 Å². The lowest BCUT2D eigenvalue weighted by atomic mass is 9.91. The molecule has 1 atom stereocenters. The lowest BCUT2D eigenvalue weighted by Gasteiger charge is -2.34. The Labute approximate surface area is 177 Å². The Morgan fingerprint density at radius 1 is 1.17 bits per heavy atom. The Kier molecular flexibility index (Phi) is 6.79. The second-order valence-corrected chi connectivity index (χ2v) is 8.62. The van der Waals surface area contributed by atoms with Crippen molar-refractivity contribution in [1.29, 1.82) is 0 Å². The van der Waals surface area contributed by atoms with Crippen LogP contribution < -0.4 is 5.32 Å². The number of hydrogen-bond donors (Lipinski definition) is 1. The van der Waals surface area contributed by atoms with Crippen LogP contribution in [-0.4, -0.2) is 53.6 Å². The maximum absolute atomic E-state index is 13.4. The van der Waals surface area contributed by atoms with Crippen LogP contribution in [0, 0.1) is 18.7 Å². The van der Waals surface area contributed by atoms with Gasteiger partial charge in [0.1, 0.15) is 11.6 Å². The van der Waals surface area contributed by atoms with Crippen LogP contribution >= 0.6 is 0 Å². The average Bonchev–Trinajstić information content (AvgIpc) is 3.40. The van der Waals surface area contributed by atoms with Crippen LogP contribution in [0.2, 0.25) is 0 Å². The molecule has 1 aromatic carbocycles. The number of nitrogens with one attached hydrogen (secondary N) is 1. The van der Waals surface area contributed by atoms with E-state index in [1.807, 2.05) is 25.1 Å². The first kappa shape index (κ1) is 21.0. The zero-order chi connectivity index (χ0) is 20.9. The van der Waals surface area contributed by atoms with Gasteiger partial charge >= 0.3 is 0 Å². The van der Waals surface area contributed by atoms with Crippen molar-refractivity contribution in [2.45, 2.75) is 45.2 Å². The van der Waals surface area contributed by atoms with Crippen LogP contribution in [0.4, 0.5) is 4.39 Å². The van der Waals surface area contributed by atoms with Gasteiger partial charge in [-0.3, -0.25) is 14.6 Å². The van der Waals surface area contributed by atoms with E-state index in [-0.39, 0.29) is 17.8 Å². The Balaban J connectivity index is 1.29. The summed E-state index contributed by atoms with van der Waals surface area (Å²) in [5, 5.41) is 7.32.